The van der Waals surface area contributed by atoms with Gasteiger partial charge in [0, 0.05) is 12.4 Å². The summed E-state index contributed by atoms with van der Waals surface area (Å²) in [5, 5.41) is 0.983. The largest absolute Gasteiger partial charge is 0.490 e. The van der Waals surface area contributed by atoms with Gasteiger partial charge < -0.3 is 9.30 Å². The van der Waals surface area contributed by atoms with E-state index in [9.17, 15) is 0 Å². The van der Waals surface area contributed by atoms with Crippen LogP contribution in [0.2, 0.25) is 10.0 Å². The van der Waals surface area contributed by atoms with Crippen LogP contribution in [-0.2, 0) is 6.54 Å². The Morgan fingerprint density at radius 2 is 1.81 bits per heavy atom. The maximum absolute atomic E-state index is 5.99. The summed E-state index contributed by atoms with van der Waals surface area (Å²) in [6, 6.07) is 9.32. The molecule has 84 valence electrons. The summed E-state index contributed by atoms with van der Waals surface area (Å²) in [6.45, 7) is 1.35. The van der Waals surface area contributed by atoms with E-state index in [2.05, 4.69) is 0 Å². The molecule has 16 heavy (non-hydrogen) atoms. The summed E-state index contributed by atoms with van der Waals surface area (Å²) < 4.78 is 7.59. The van der Waals surface area contributed by atoms with E-state index >= 15 is 0 Å². The first-order valence-corrected chi connectivity index (χ1v) is 5.70. The fraction of sp³-hybridized carbons (Fsp3) is 0.167. The lowest BCUT2D eigenvalue weighted by molar-refractivity contribution is 0.299. The van der Waals surface area contributed by atoms with Crippen molar-refractivity contribution in [1.82, 2.24) is 4.57 Å². The van der Waals surface area contributed by atoms with Gasteiger partial charge in [0.1, 0.15) is 17.4 Å². The maximum atomic E-state index is 5.99. The van der Waals surface area contributed by atoms with Gasteiger partial charge in [-0.3, -0.25) is 0 Å². The zero-order valence-corrected chi connectivity index (χ0v) is 10.1. The fourth-order valence-corrected chi connectivity index (χ4v) is 1.72. The van der Waals surface area contributed by atoms with E-state index in [1.165, 1.54) is 0 Å². The Bertz CT molecular complexity index is 454. The lowest BCUT2D eigenvalue weighted by atomic mass is 10.3. The Hall–Kier alpha value is -1.12. The monoisotopic (exact) mass is 255 g/mol. The van der Waals surface area contributed by atoms with Gasteiger partial charge in [0.2, 0.25) is 0 Å². The molecule has 0 unspecified atom stereocenters. The molecule has 0 saturated heterocycles. The molecule has 1 heterocycles. The van der Waals surface area contributed by atoms with Gasteiger partial charge in [0.15, 0.2) is 0 Å². The van der Waals surface area contributed by atoms with Crippen molar-refractivity contribution < 1.29 is 4.74 Å². The highest BCUT2D eigenvalue weighted by molar-refractivity contribution is 6.42. The van der Waals surface area contributed by atoms with Crippen LogP contribution in [0.3, 0.4) is 0 Å². The lowest BCUT2D eigenvalue weighted by Crippen LogP contribution is -2.06. The summed E-state index contributed by atoms with van der Waals surface area (Å²) >= 11 is 11.9. The van der Waals surface area contributed by atoms with Crippen LogP contribution in [0.15, 0.2) is 42.7 Å². The van der Waals surface area contributed by atoms with Crippen LogP contribution < -0.4 is 4.74 Å². The van der Waals surface area contributed by atoms with Gasteiger partial charge in [0.05, 0.1) is 11.6 Å². The van der Waals surface area contributed by atoms with Crippen molar-refractivity contribution in [3.8, 4) is 5.75 Å². The van der Waals surface area contributed by atoms with Crippen LogP contribution in [0.4, 0.5) is 0 Å². The van der Waals surface area contributed by atoms with Gasteiger partial charge in [-0.2, -0.15) is 0 Å². The molecule has 0 aliphatic heterocycles. The number of nitrogens with zero attached hydrogens (tertiary/aromatic N) is 1. The summed E-state index contributed by atoms with van der Waals surface area (Å²) in [7, 11) is 0. The minimum Gasteiger partial charge on any atom is -0.490 e. The molecule has 2 rings (SSSR count). The molecule has 2 aromatic rings. The first-order chi connectivity index (χ1) is 7.77. The molecule has 0 fully saturated rings. The first kappa shape index (κ1) is 11.4. The molecule has 0 aliphatic carbocycles. The van der Waals surface area contributed by atoms with Crippen LogP contribution in [-0.4, -0.2) is 11.2 Å². The minimum absolute atomic E-state index is 0.469. The predicted molar refractivity (Wildman–Crippen MR) is 66.4 cm³/mol. The fourth-order valence-electron chi connectivity index (χ4n) is 1.38. The molecular formula is C12H11Cl2NO. The summed E-state index contributed by atoms with van der Waals surface area (Å²) in [5.41, 5.74) is 0. The van der Waals surface area contributed by atoms with E-state index in [1.807, 2.05) is 41.2 Å². The number of halogens is 2. The quantitative estimate of drug-likeness (QED) is 0.809. The second-order valence-electron chi connectivity index (χ2n) is 3.32. The minimum atomic E-state index is 0.469. The molecule has 1 aromatic heterocycles. The number of hydrogen-bond donors (Lipinski definition) is 0. The average Bonchev–Trinajstić information content (AvgIpc) is 2.77. The average molecular weight is 256 g/mol. The second kappa shape index (κ2) is 5.28. The van der Waals surface area contributed by atoms with Crippen LogP contribution in [0.5, 0.6) is 5.75 Å². The summed E-state index contributed by atoms with van der Waals surface area (Å²) in [5.74, 6) is 0.626. The molecule has 0 amide bonds. The molecule has 0 radical (unpaired) electrons. The maximum Gasteiger partial charge on any atom is 0.139 e. The third-order valence-electron chi connectivity index (χ3n) is 2.19. The smallest absolute Gasteiger partial charge is 0.139 e. The van der Waals surface area contributed by atoms with Crippen LogP contribution in [0, 0.1) is 0 Å². The summed E-state index contributed by atoms with van der Waals surface area (Å²) in [6.07, 6.45) is 3.98. The third kappa shape index (κ3) is 2.71. The van der Waals surface area contributed by atoms with Gasteiger partial charge in [-0.15, -0.1) is 0 Å². The van der Waals surface area contributed by atoms with Crippen LogP contribution in [0.25, 0.3) is 0 Å². The van der Waals surface area contributed by atoms with E-state index < -0.39 is 0 Å². The van der Waals surface area contributed by atoms with Crippen molar-refractivity contribution in [2.24, 2.45) is 0 Å². The van der Waals surface area contributed by atoms with Gasteiger partial charge >= 0.3 is 0 Å². The van der Waals surface area contributed by atoms with E-state index in [1.54, 1.807) is 6.07 Å². The molecule has 0 aliphatic rings. The molecule has 0 saturated carbocycles. The highest BCUT2D eigenvalue weighted by Gasteiger charge is 2.04. The molecular weight excluding hydrogens is 245 g/mol. The topological polar surface area (TPSA) is 14.2 Å². The van der Waals surface area contributed by atoms with Crippen molar-refractivity contribution in [2.45, 2.75) is 6.54 Å². The molecule has 0 N–H and O–H groups in total. The zero-order valence-electron chi connectivity index (χ0n) is 8.57. The van der Waals surface area contributed by atoms with Gasteiger partial charge in [0.25, 0.3) is 0 Å². The van der Waals surface area contributed by atoms with Crippen molar-refractivity contribution in [3.63, 3.8) is 0 Å². The zero-order chi connectivity index (χ0) is 11.4. The third-order valence-corrected chi connectivity index (χ3v) is 2.99. The standard InChI is InChI=1S/C12H11Cl2NO/c13-10-4-3-5-11(12(10)14)16-9-8-15-6-1-2-7-15/h1-7H,8-9H2. The van der Waals surface area contributed by atoms with Crippen LogP contribution >= 0.6 is 23.2 Å². The Morgan fingerprint density at radius 1 is 1.06 bits per heavy atom. The Labute approximate surface area is 104 Å². The van der Waals surface area contributed by atoms with Crippen molar-refractivity contribution in [1.29, 1.82) is 0 Å². The number of ether oxygens (including phenoxy) is 1. The molecule has 1 aromatic carbocycles. The first-order valence-electron chi connectivity index (χ1n) is 4.95. The second-order valence-corrected chi connectivity index (χ2v) is 4.11. The van der Waals surface area contributed by atoms with Gasteiger partial charge in [-0.1, -0.05) is 29.3 Å². The predicted octanol–water partition coefficient (Wildman–Crippen LogP) is 3.87. The molecule has 0 spiro atoms. The summed E-state index contributed by atoms with van der Waals surface area (Å²) in [4.78, 5) is 0. The van der Waals surface area contributed by atoms with E-state index in [-0.39, 0.29) is 0 Å². The molecule has 2 nitrogen and oxygen atoms in total. The number of benzene rings is 1. The number of aromatic nitrogens is 1. The van der Waals surface area contributed by atoms with Crippen LogP contribution in [0.1, 0.15) is 0 Å². The lowest BCUT2D eigenvalue weighted by Gasteiger charge is -2.09. The number of rotatable bonds is 4. The van der Waals surface area contributed by atoms with Gasteiger partial charge in [-0.05, 0) is 24.3 Å². The highest BCUT2D eigenvalue weighted by Crippen LogP contribution is 2.31. The van der Waals surface area contributed by atoms with E-state index in [0.29, 0.717) is 22.4 Å². The van der Waals surface area contributed by atoms with E-state index in [4.69, 9.17) is 27.9 Å². The highest BCUT2D eigenvalue weighted by atomic mass is 35.5. The SMILES string of the molecule is Clc1cccc(OCCn2cccc2)c1Cl. The Morgan fingerprint density at radius 3 is 2.56 bits per heavy atom. The Balaban J connectivity index is 1.92. The van der Waals surface area contributed by atoms with Crippen molar-refractivity contribution in [3.05, 3.63) is 52.8 Å². The van der Waals surface area contributed by atoms with Crippen molar-refractivity contribution in [2.75, 3.05) is 6.61 Å². The molecule has 0 atom stereocenters. The molecule has 4 heteroatoms. The Kier molecular flexibility index (Phi) is 3.75. The van der Waals surface area contributed by atoms with Crippen molar-refractivity contribution >= 4 is 23.2 Å². The normalized spacial score (nSPS) is 10.4. The number of hydrogen-bond acceptors (Lipinski definition) is 1. The van der Waals surface area contributed by atoms with E-state index in [0.717, 1.165) is 6.54 Å². The molecule has 0 bridgehead atoms. The van der Waals surface area contributed by atoms with Gasteiger partial charge in [-0.25, -0.2) is 0 Å².